The summed E-state index contributed by atoms with van der Waals surface area (Å²) in [6, 6.07) is 0. The van der Waals surface area contributed by atoms with Gasteiger partial charge in [-0.1, -0.05) is 0 Å². The van der Waals surface area contributed by atoms with Crippen molar-refractivity contribution >= 4 is 0 Å². The minimum atomic E-state index is -0.442. The van der Waals surface area contributed by atoms with Gasteiger partial charge in [-0.05, 0) is 45.4 Å². The van der Waals surface area contributed by atoms with Crippen LogP contribution < -0.4 is 0 Å². The molecule has 5 nitrogen and oxygen atoms in total. The summed E-state index contributed by atoms with van der Waals surface area (Å²) in [6.45, 7) is 6.29. The molecule has 0 aromatic carbocycles. The van der Waals surface area contributed by atoms with Crippen LogP contribution in [-0.4, -0.2) is 40.3 Å². The van der Waals surface area contributed by atoms with Crippen LogP contribution in [0.25, 0.3) is 0 Å². The van der Waals surface area contributed by atoms with Gasteiger partial charge in [0.05, 0.1) is 17.4 Å². The van der Waals surface area contributed by atoms with Crippen molar-refractivity contribution in [2.45, 2.75) is 51.2 Å². The third-order valence-electron chi connectivity index (χ3n) is 5.24. The maximum Gasteiger partial charge on any atom is 0.0855 e. The number of ether oxygens (including phenoxy) is 2. The van der Waals surface area contributed by atoms with Crippen LogP contribution in [0.5, 0.6) is 0 Å². The number of aliphatic hydroxyl groups excluding tert-OH is 1. The van der Waals surface area contributed by atoms with Crippen molar-refractivity contribution in [3.8, 4) is 0 Å². The first kappa shape index (κ1) is 15.0. The second kappa shape index (κ2) is 5.71. The molecule has 0 bridgehead atoms. The number of hydrogen-bond donors (Lipinski definition) is 1. The first-order valence-corrected chi connectivity index (χ1v) is 7.92. The van der Waals surface area contributed by atoms with E-state index < -0.39 is 6.10 Å². The summed E-state index contributed by atoms with van der Waals surface area (Å²) < 4.78 is 13.4. The van der Waals surface area contributed by atoms with E-state index in [1.807, 2.05) is 25.6 Å². The van der Waals surface area contributed by atoms with Crippen molar-refractivity contribution in [1.29, 1.82) is 0 Å². The fourth-order valence-electron chi connectivity index (χ4n) is 3.88. The third kappa shape index (κ3) is 2.74. The molecular formula is C16H26N2O3. The molecule has 5 heteroatoms. The fraction of sp³-hybridized carbons (Fsp3) is 0.812. The molecule has 0 saturated carbocycles. The van der Waals surface area contributed by atoms with Gasteiger partial charge in [0.2, 0.25) is 0 Å². The van der Waals surface area contributed by atoms with Crippen LogP contribution >= 0.6 is 0 Å². The molecule has 21 heavy (non-hydrogen) atoms. The Bertz CT molecular complexity index is 500. The maximum atomic E-state index is 10.9. The number of aliphatic hydroxyl groups is 1. The largest absolute Gasteiger partial charge is 0.388 e. The lowest BCUT2D eigenvalue weighted by molar-refractivity contribution is -0.159. The van der Waals surface area contributed by atoms with E-state index in [-0.39, 0.29) is 11.5 Å². The molecule has 3 heterocycles. The minimum Gasteiger partial charge on any atom is -0.388 e. The summed E-state index contributed by atoms with van der Waals surface area (Å²) in [4.78, 5) is 0. The van der Waals surface area contributed by atoms with E-state index in [9.17, 15) is 5.11 Å². The van der Waals surface area contributed by atoms with Gasteiger partial charge in [-0.3, -0.25) is 4.68 Å². The van der Waals surface area contributed by atoms with Gasteiger partial charge in [0.15, 0.2) is 0 Å². The van der Waals surface area contributed by atoms with Crippen molar-refractivity contribution < 1.29 is 14.6 Å². The zero-order valence-corrected chi connectivity index (χ0v) is 13.3. The lowest BCUT2D eigenvalue weighted by atomic mass is 9.77. The highest BCUT2D eigenvalue weighted by atomic mass is 16.5. The molecule has 1 spiro atoms. The summed E-state index contributed by atoms with van der Waals surface area (Å²) in [5.74, 6) is 0.249. The van der Waals surface area contributed by atoms with Gasteiger partial charge in [-0.15, -0.1) is 0 Å². The van der Waals surface area contributed by atoms with Gasteiger partial charge in [0, 0.05) is 38.1 Å². The average molecular weight is 294 g/mol. The van der Waals surface area contributed by atoms with E-state index in [4.69, 9.17) is 9.47 Å². The number of nitrogens with zero attached hydrogens (tertiary/aromatic N) is 2. The molecule has 1 N–H and O–H groups in total. The Hall–Kier alpha value is -0.910. The minimum absolute atomic E-state index is 0.0772. The van der Waals surface area contributed by atoms with Gasteiger partial charge in [-0.2, -0.15) is 5.10 Å². The molecule has 1 aromatic rings. The smallest absolute Gasteiger partial charge is 0.0855 e. The van der Waals surface area contributed by atoms with Gasteiger partial charge >= 0.3 is 0 Å². The van der Waals surface area contributed by atoms with Gasteiger partial charge in [0.1, 0.15) is 0 Å². The highest BCUT2D eigenvalue weighted by Crippen LogP contribution is 2.42. The first-order chi connectivity index (χ1) is 10.0. The molecule has 0 aliphatic carbocycles. The highest BCUT2D eigenvalue weighted by Gasteiger charge is 2.42. The molecule has 2 aliphatic heterocycles. The predicted octanol–water partition coefficient (Wildman–Crippen LogP) is 2.05. The Labute approximate surface area is 126 Å². The van der Waals surface area contributed by atoms with Crippen LogP contribution in [0.4, 0.5) is 0 Å². The van der Waals surface area contributed by atoms with E-state index in [2.05, 4.69) is 5.10 Å². The van der Waals surface area contributed by atoms with E-state index in [1.165, 1.54) is 0 Å². The van der Waals surface area contributed by atoms with E-state index in [1.54, 1.807) is 0 Å². The number of rotatable bonds is 2. The Morgan fingerprint density at radius 2 is 2.00 bits per heavy atom. The molecule has 0 radical (unpaired) electrons. The van der Waals surface area contributed by atoms with Crippen LogP contribution in [0.3, 0.4) is 0 Å². The van der Waals surface area contributed by atoms with Crippen molar-refractivity contribution in [2.75, 3.05) is 19.8 Å². The van der Waals surface area contributed by atoms with Crippen molar-refractivity contribution in [2.24, 2.45) is 13.0 Å². The van der Waals surface area contributed by atoms with Crippen LogP contribution in [0.15, 0.2) is 0 Å². The lowest BCUT2D eigenvalue weighted by Crippen LogP contribution is -2.45. The molecule has 2 unspecified atom stereocenters. The van der Waals surface area contributed by atoms with E-state index in [0.717, 1.165) is 62.5 Å². The van der Waals surface area contributed by atoms with Crippen molar-refractivity contribution in [3.63, 3.8) is 0 Å². The summed E-state index contributed by atoms with van der Waals surface area (Å²) in [7, 11) is 1.93. The van der Waals surface area contributed by atoms with Gasteiger partial charge in [-0.25, -0.2) is 0 Å². The first-order valence-electron chi connectivity index (χ1n) is 7.92. The summed E-state index contributed by atoms with van der Waals surface area (Å²) in [5, 5.41) is 15.3. The molecular weight excluding hydrogens is 268 g/mol. The highest BCUT2D eigenvalue weighted by molar-refractivity contribution is 5.27. The van der Waals surface area contributed by atoms with Crippen LogP contribution in [-0.2, 0) is 16.5 Å². The third-order valence-corrected chi connectivity index (χ3v) is 5.24. The molecule has 2 aliphatic rings. The Kier molecular flexibility index (Phi) is 4.08. The zero-order chi connectivity index (χ0) is 15.0. The molecule has 1 aromatic heterocycles. The summed E-state index contributed by atoms with van der Waals surface area (Å²) in [5.41, 5.74) is 2.93. The second-order valence-corrected chi connectivity index (χ2v) is 6.55. The van der Waals surface area contributed by atoms with Crippen LogP contribution in [0.2, 0.25) is 0 Å². The van der Waals surface area contributed by atoms with Crippen LogP contribution in [0, 0.1) is 19.8 Å². The number of aryl methyl sites for hydroxylation is 2. The molecule has 2 fully saturated rings. The SMILES string of the molecule is Cc1nn(C)c(C)c1C(O)C1CCOC2(CCOCC2)C1. The summed E-state index contributed by atoms with van der Waals surface area (Å²) in [6.07, 6.45) is 3.29. The Balaban J connectivity index is 1.79. The fourth-order valence-corrected chi connectivity index (χ4v) is 3.88. The molecule has 2 atom stereocenters. The molecule has 0 amide bonds. The number of aromatic nitrogens is 2. The normalized spacial score (nSPS) is 27.0. The van der Waals surface area contributed by atoms with Crippen molar-refractivity contribution in [3.05, 3.63) is 17.0 Å². The lowest BCUT2D eigenvalue weighted by Gasteiger charge is -2.44. The van der Waals surface area contributed by atoms with Crippen LogP contribution in [0.1, 0.15) is 48.7 Å². The zero-order valence-electron chi connectivity index (χ0n) is 13.3. The standard InChI is InChI=1S/C16H26N2O3/c1-11-14(12(2)18(3)17-11)15(19)13-4-7-21-16(10-13)5-8-20-9-6-16/h13,15,19H,4-10H2,1-3H3. The van der Waals surface area contributed by atoms with Crippen molar-refractivity contribution in [1.82, 2.24) is 9.78 Å². The topological polar surface area (TPSA) is 56.5 Å². The Morgan fingerprint density at radius 1 is 1.29 bits per heavy atom. The average Bonchev–Trinajstić information content (AvgIpc) is 2.72. The van der Waals surface area contributed by atoms with E-state index >= 15 is 0 Å². The van der Waals surface area contributed by atoms with E-state index in [0.29, 0.717) is 0 Å². The monoisotopic (exact) mass is 294 g/mol. The summed E-state index contributed by atoms with van der Waals surface area (Å²) >= 11 is 0. The molecule has 118 valence electrons. The Morgan fingerprint density at radius 3 is 2.62 bits per heavy atom. The maximum absolute atomic E-state index is 10.9. The second-order valence-electron chi connectivity index (χ2n) is 6.55. The quantitative estimate of drug-likeness (QED) is 0.907. The predicted molar refractivity (Wildman–Crippen MR) is 79.1 cm³/mol. The van der Waals surface area contributed by atoms with Gasteiger partial charge < -0.3 is 14.6 Å². The number of hydrogen-bond acceptors (Lipinski definition) is 4. The van der Waals surface area contributed by atoms with Gasteiger partial charge in [0.25, 0.3) is 0 Å². The molecule has 3 rings (SSSR count). The molecule has 2 saturated heterocycles.